The van der Waals surface area contributed by atoms with Crippen molar-refractivity contribution in [2.45, 2.75) is 26.4 Å². The van der Waals surface area contributed by atoms with E-state index in [1.807, 2.05) is 0 Å². The summed E-state index contributed by atoms with van der Waals surface area (Å²) in [4.78, 5) is 20.4. The van der Waals surface area contributed by atoms with Gasteiger partial charge in [-0.15, -0.1) is 0 Å². The molecule has 2 N–H and O–H groups in total. The number of rotatable bonds is 4. The summed E-state index contributed by atoms with van der Waals surface area (Å²) in [5.74, 6) is -2.46. The third-order valence-corrected chi connectivity index (χ3v) is 5.77. The number of hydrogen-bond donors (Lipinski definition) is 2. The molecule has 0 saturated carbocycles. The number of fused-ring (bicyclic) bond motifs is 1. The maximum Gasteiger partial charge on any atom is 0.235 e. The fourth-order valence-corrected chi connectivity index (χ4v) is 4.05. The Morgan fingerprint density at radius 1 is 1.17 bits per heavy atom. The zero-order valence-electron chi connectivity index (χ0n) is 17.2. The maximum atomic E-state index is 14.2. The van der Waals surface area contributed by atoms with E-state index >= 15 is 0 Å². The minimum absolute atomic E-state index is 0.238. The Morgan fingerprint density at radius 3 is 2.40 bits per heavy atom. The van der Waals surface area contributed by atoms with Crippen LogP contribution in [-0.2, 0) is 13.6 Å². The van der Waals surface area contributed by atoms with E-state index in [4.69, 9.17) is 0 Å². The SMILES string of the molecule is CC(C)N1CCN(Cc2nn(C)c3[nH]c(-c4c(F)cccc4F)c(O)c(=O)c23)CC1. The highest BCUT2D eigenvalue weighted by atomic mass is 19.1. The van der Waals surface area contributed by atoms with Crippen molar-refractivity contribution in [3.63, 3.8) is 0 Å². The number of benzene rings is 1. The average Bonchev–Trinajstić information content (AvgIpc) is 3.01. The molecule has 1 aliphatic heterocycles. The standard InChI is InChI=1S/C21H25F2N5O2/c1-12(2)28-9-7-27(8-10-28)11-15-17-19(29)20(30)18(24-21(17)26(3)25-15)16-13(22)5-4-6-14(16)23/h4-6,12,30H,7-11H2,1-3H3,(H,24,29). The Labute approximate surface area is 172 Å². The predicted molar refractivity (Wildman–Crippen MR) is 110 cm³/mol. The molecule has 0 spiro atoms. The molecule has 0 unspecified atom stereocenters. The molecule has 0 atom stereocenters. The lowest BCUT2D eigenvalue weighted by Crippen LogP contribution is -2.48. The summed E-state index contributed by atoms with van der Waals surface area (Å²) in [5.41, 5.74) is -0.607. The van der Waals surface area contributed by atoms with Crippen LogP contribution in [0.3, 0.4) is 0 Å². The molecule has 7 nitrogen and oxygen atoms in total. The number of piperazine rings is 1. The predicted octanol–water partition coefficient (Wildman–Crippen LogP) is 2.44. The molecule has 0 radical (unpaired) electrons. The van der Waals surface area contributed by atoms with Crippen LogP contribution in [0.5, 0.6) is 5.75 Å². The van der Waals surface area contributed by atoms with E-state index in [0.717, 1.165) is 38.3 Å². The number of aromatic hydroxyl groups is 1. The Morgan fingerprint density at radius 2 is 1.80 bits per heavy atom. The Hall–Kier alpha value is -2.78. The van der Waals surface area contributed by atoms with Crippen LogP contribution in [0, 0.1) is 11.6 Å². The Bertz CT molecular complexity index is 1130. The largest absolute Gasteiger partial charge is 0.503 e. The third kappa shape index (κ3) is 3.48. The first-order chi connectivity index (χ1) is 14.3. The molecular weight excluding hydrogens is 392 g/mol. The second-order valence-corrected chi connectivity index (χ2v) is 7.97. The molecular formula is C21H25F2N5O2. The Balaban J connectivity index is 1.73. The highest BCUT2D eigenvalue weighted by Gasteiger charge is 2.25. The summed E-state index contributed by atoms with van der Waals surface area (Å²) < 4.78 is 30.0. The van der Waals surface area contributed by atoms with Gasteiger partial charge in [0.15, 0.2) is 5.75 Å². The number of aryl methyl sites for hydroxylation is 1. The highest BCUT2D eigenvalue weighted by molar-refractivity contribution is 5.84. The van der Waals surface area contributed by atoms with Crippen molar-refractivity contribution in [3.8, 4) is 17.0 Å². The molecule has 0 amide bonds. The van der Waals surface area contributed by atoms with Crippen LogP contribution in [-0.4, -0.2) is 61.9 Å². The average molecular weight is 417 g/mol. The number of hydrogen-bond acceptors (Lipinski definition) is 5. The molecule has 2 aromatic heterocycles. The van der Waals surface area contributed by atoms with Crippen molar-refractivity contribution in [1.29, 1.82) is 0 Å². The molecule has 0 aliphatic carbocycles. The molecule has 1 saturated heterocycles. The van der Waals surface area contributed by atoms with Gasteiger partial charge >= 0.3 is 0 Å². The summed E-state index contributed by atoms with van der Waals surface area (Å²) in [6.07, 6.45) is 0. The first kappa shape index (κ1) is 20.5. The monoisotopic (exact) mass is 417 g/mol. The highest BCUT2D eigenvalue weighted by Crippen LogP contribution is 2.31. The third-order valence-electron chi connectivity index (χ3n) is 5.77. The van der Waals surface area contributed by atoms with Gasteiger partial charge in [-0.25, -0.2) is 8.78 Å². The van der Waals surface area contributed by atoms with Crippen LogP contribution in [0.15, 0.2) is 23.0 Å². The zero-order chi connectivity index (χ0) is 21.6. The molecule has 9 heteroatoms. The van der Waals surface area contributed by atoms with Crippen LogP contribution >= 0.6 is 0 Å². The summed E-state index contributed by atoms with van der Waals surface area (Å²) >= 11 is 0. The number of nitrogens with one attached hydrogen (secondary N) is 1. The van der Waals surface area contributed by atoms with Crippen LogP contribution < -0.4 is 5.43 Å². The summed E-state index contributed by atoms with van der Waals surface area (Å²) in [6, 6.07) is 3.86. The van der Waals surface area contributed by atoms with Crippen LogP contribution in [0.25, 0.3) is 22.3 Å². The smallest absolute Gasteiger partial charge is 0.235 e. The van der Waals surface area contributed by atoms with Crippen LogP contribution in [0.4, 0.5) is 8.78 Å². The number of aromatic amines is 1. The van der Waals surface area contributed by atoms with E-state index in [-0.39, 0.29) is 11.1 Å². The van der Waals surface area contributed by atoms with Crippen LogP contribution in [0.1, 0.15) is 19.5 Å². The number of halogens is 2. The minimum Gasteiger partial charge on any atom is -0.503 e. The fourth-order valence-electron chi connectivity index (χ4n) is 4.05. The topological polar surface area (TPSA) is 77.4 Å². The van der Waals surface area contributed by atoms with E-state index < -0.39 is 28.4 Å². The van der Waals surface area contributed by atoms with Gasteiger partial charge in [-0.05, 0) is 26.0 Å². The van der Waals surface area contributed by atoms with E-state index in [9.17, 15) is 18.7 Å². The molecule has 0 bridgehead atoms. The van der Waals surface area contributed by atoms with Crippen LogP contribution in [0.2, 0.25) is 0 Å². The molecule has 30 heavy (non-hydrogen) atoms. The lowest BCUT2D eigenvalue weighted by Gasteiger charge is -2.36. The lowest BCUT2D eigenvalue weighted by molar-refractivity contribution is 0.103. The summed E-state index contributed by atoms with van der Waals surface area (Å²) in [5, 5.41) is 15.2. The zero-order valence-corrected chi connectivity index (χ0v) is 17.2. The molecule has 4 rings (SSSR count). The van der Waals surface area contributed by atoms with Gasteiger partial charge in [-0.1, -0.05) is 6.07 Å². The molecule has 1 fully saturated rings. The molecule has 3 heterocycles. The first-order valence-corrected chi connectivity index (χ1v) is 9.99. The second kappa shape index (κ2) is 7.81. The van der Waals surface area contributed by atoms with Crippen molar-refractivity contribution in [2.75, 3.05) is 26.2 Å². The van der Waals surface area contributed by atoms with Gasteiger partial charge < -0.3 is 10.1 Å². The van der Waals surface area contributed by atoms with Gasteiger partial charge in [-0.3, -0.25) is 19.3 Å². The number of nitrogens with zero attached hydrogens (tertiary/aromatic N) is 4. The van der Waals surface area contributed by atoms with Gasteiger partial charge in [0.1, 0.15) is 17.3 Å². The Kier molecular flexibility index (Phi) is 5.33. The van der Waals surface area contributed by atoms with Gasteiger partial charge in [0.05, 0.1) is 22.3 Å². The van der Waals surface area contributed by atoms with E-state index in [1.165, 1.54) is 10.7 Å². The second-order valence-electron chi connectivity index (χ2n) is 7.97. The van der Waals surface area contributed by atoms with Gasteiger partial charge in [-0.2, -0.15) is 5.10 Å². The maximum absolute atomic E-state index is 14.2. The lowest BCUT2D eigenvalue weighted by atomic mass is 10.1. The van der Waals surface area contributed by atoms with Gasteiger partial charge in [0, 0.05) is 45.8 Å². The van der Waals surface area contributed by atoms with Crippen molar-refractivity contribution in [3.05, 3.63) is 45.8 Å². The number of pyridine rings is 1. The summed E-state index contributed by atoms with van der Waals surface area (Å²) in [7, 11) is 1.65. The van der Waals surface area contributed by atoms with Crippen molar-refractivity contribution < 1.29 is 13.9 Å². The van der Waals surface area contributed by atoms with E-state index in [2.05, 4.69) is 33.7 Å². The van der Waals surface area contributed by atoms with Gasteiger partial charge in [0.25, 0.3) is 0 Å². The van der Waals surface area contributed by atoms with E-state index in [1.54, 1.807) is 7.05 Å². The first-order valence-electron chi connectivity index (χ1n) is 9.99. The normalized spacial score (nSPS) is 16.1. The molecule has 160 valence electrons. The number of H-pyrrole nitrogens is 1. The number of aromatic nitrogens is 3. The molecule has 1 aliphatic rings. The quantitative estimate of drug-likeness (QED) is 0.682. The molecule has 3 aromatic rings. The van der Waals surface area contributed by atoms with Crippen molar-refractivity contribution >= 4 is 11.0 Å². The molecule has 1 aromatic carbocycles. The summed E-state index contributed by atoms with van der Waals surface area (Å²) in [6.45, 7) is 8.35. The minimum atomic E-state index is -0.870. The van der Waals surface area contributed by atoms with Crippen molar-refractivity contribution in [2.24, 2.45) is 7.05 Å². The van der Waals surface area contributed by atoms with Gasteiger partial charge in [0.2, 0.25) is 5.43 Å². The van der Waals surface area contributed by atoms with E-state index in [0.29, 0.717) is 23.9 Å². The van der Waals surface area contributed by atoms with Crippen molar-refractivity contribution in [1.82, 2.24) is 24.6 Å². The fraction of sp³-hybridized carbons (Fsp3) is 0.429.